The van der Waals surface area contributed by atoms with Gasteiger partial charge in [-0.2, -0.15) is 0 Å². The number of thiazole rings is 1. The lowest BCUT2D eigenvalue weighted by molar-refractivity contribution is 0.101. The Morgan fingerprint density at radius 3 is 2.47 bits per heavy atom. The van der Waals surface area contributed by atoms with E-state index < -0.39 is 23.1 Å². The molecule has 2 heterocycles. The van der Waals surface area contributed by atoms with Crippen LogP contribution in [0.25, 0.3) is 21.8 Å². The van der Waals surface area contributed by atoms with Crippen LogP contribution in [0.3, 0.4) is 0 Å². The van der Waals surface area contributed by atoms with E-state index in [0.29, 0.717) is 22.6 Å². The first-order valence-electron chi connectivity index (χ1n) is 9.36. The second kappa shape index (κ2) is 8.97. The number of benzene rings is 2. The largest absolute Gasteiger partial charge is 0.354 e. The maximum atomic E-state index is 14.0. The van der Waals surface area contributed by atoms with Gasteiger partial charge >= 0.3 is 0 Å². The van der Waals surface area contributed by atoms with Crippen LogP contribution in [-0.2, 0) is 0 Å². The molecule has 2 aromatic heterocycles. The van der Waals surface area contributed by atoms with Crippen LogP contribution < -0.4 is 10.2 Å². The lowest BCUT2D eigenvalue weighted by atomic mass is 10.1. The van der Waals surface area contributed by atoms with Gasteiger partial charge in [-0.1, -0.05) is 29.5 Å². The molecule has 0 saturated heterocycles. The molecule has 0 bridgehead atoms. The minimum Gasteiger partial charge on any atom is -0.354 e. The van der Waals surface area contributed by atoms with Crippen LogP contribution in [0.15, 0.2) is 54.7 Å². The Labute approximate surface area is 191 Å². The van der Waals surface area contributed by atoms with E-state index in [9.17, 15) is 13.6 Å². The number of carbonyl (C=O) groups excluding carboxylic acids is 1. The highest BCUT2D eigenvalue weighted by molar-refractivity contribution is 7.19. The molecule has 32 heavy (non-hydrogen) atoms. The molecule has 2 aromatic carbocycles. The molecule has 0 atom stereocenters. The minimum atomic E-state index is -0.934. The molecule has 0 spiro atoms. The normalized spacial score (nSPS) is 10.8. The fourth-order valence-electron chi connectivity index (χ4n) is 2.98. The zero-order valence-electron chi connectivity index (χ0n) is 16.9. The van der Waals surface area contributed by atoms with Gasteiger partial charge in [0, 0.05) is 31.5 Å². The third kappa shape index (κ3) is 4.44. The minimum absolute atomic E-state index is 0.112. The van der Waals surface area contributed by atoms with E-state index >= 15 is 0 Å². The summed E-state index contributed by atoms with van der Waals surface area (Å²) in [5.41, 5.74) is 1.64. The van der Waals surface area contributed by atoms with Gasteiger partial charge in [-0.3, -0.25) is 4.79 Å². The highest BCUT2D eigenvalue weighted by Gasteiger charge is 2.20. The predicted octanol–water partition coefficient (Wildman–Crippen LogP) is 5.52. The summed E-state index contributed by atoms with van der Waals surface area (Å²) in [5.74, 6) is -2.75. The molecule has 0 aliphatic carbocycles. The lowest BCUT2D eigenvalue weighted by Crippen LogP contribution is -2.15. The highest BCUT2D eigenvalue weighted by Crippen LogP contribution is 2.39. The number of carbonyl (C=O) groups is 1. The molecular weight excluding hydrogens is 456 g/mol. The average molecular weight is 472 g/mol. The highest BCUT2D eigenvalue weighted by atomic mass is 35.5. The van der Waals surface area contributed by atoms with E-state index in [0.717, 1.165) is 22.1 Å². The third-order valence-corrected chi connectivity index (χ3v) is 5.87. The summed E-state index contributed by atoms with van der Waals surface area (Å²) in [7, 11) is 3.75. The van der Waals surface area contributed by atoms with Crippen molar-refractivity contribution in [2.24, 2.45) is 0 Å². The fourth-order valence-corrected chi connectivity index (χ4v) is 4.11. The summed E-state index contributed by atoms with van der Waals surface area (Å²) in [6.45, 7) is 0. The van der Waals surface area contributed by atoms with Crippen LogP contribution in [0.4, 0.5) is 19.6 Å². The number of rotatable bonds is 5. The van der Waals surface area contributed by atoms with E-state index in [1.54, 1.807) is 30.5 Å². The molecule has 0 aliphatic rings. The summed E-state index contributed by atoms with van der Waals surface area (Å²) in [6, 6.07) is 11.8. The molecule has 10 heteroatoms. The number of nitrogens with zero attached hydrogens (tertiary/aromatic N) is 4. The smallest absolute Gasteiger partial charge is 0.261 e. The van der Waals surface area contributed by atoms with Crippen LogP contribution in [0.1, 0.15) is 10.4 Å². The maximum Gasteiger partial charge on any atom is 0.261 e. The number of hydrogen-bond acceptors (Lipinski definition) is 6. The van der Waals surface area contributed by atoms with Crippen LogP contribution in [-0.4, -0.2) is 35.0 Å². The first kappa shape index (κ1) is 21.8. The van der Waals surface area contributed by atoms with Gasteiger partial charge in [-0.25, -0.2) is 23.7 Å². The molecule has 162 valence electrons. The summed E-state index contributed by atoms with van der Waals surface area (Å²) in [4.78, 5) is 28.0. The summed E-state index contributed by atoms with van der Waals surface area (Å²) in [6.07, 6.45) is 1.56. The number of hydrogen-bond donors (Lipinski definition) is 1. The van der Waals surface area contributed by atoms with Gasteiger partial charge in [0.2, 0.25) is 5.28 Å². The van der Waals surface area contributed by atoms with Gasteiger partial charge < -0.3 is 10.2 Å². The standard InChI is InChI=1S/C22H16ClF2N5OS/c1-30(2)22-29-18(19(32-22)16-9-10-26-21(23)28-16)12-5-3-6-13(11-12)27-20(31)17-14(24)7-4-8-15(17)25/h3-11H,1-2H3,(H,27,31). The quantitative estimate of drug-likeness (QED) is 0.388. The molecule has 1 amide bonds. The summed E-state index contributed by atoms with van der Waals surface area (Å²) in [5, 5.41) is 3.40. The van der Waals surface area contributed by atoms with Crippen molar-refractivity contribution >= 4 is 39.7 Å². The molecule has 4 aromatic rings. The molecule has 0 radical (unpaired) electrons. The van der Waals surface area contributed by atoms with Crippen molar-refractivity contribution in [2.75, 3.05) is 24.3 Å². The first-order chi connectivity index (χ1) is 15.3. The Bertz CT molecular complexity index is 1290. The lowest BCUT2D eigenvalue weighted by Gasteiger charge is -2.09. The number of anilines is 2. The van der Waals surface area contributed by atoms with Crippen molar-refractivity contribution in [1.29, 1.82) is 0 Å². The van der Waals surface area contributed by atoms with Gasteiger partial charge in [-0.05, 0) is 41.9 Å². The second-order valence-electron chi connectivity index (χ2n) is 6.91. The Kier molecular flexibility index (Phi) is 6.11. The number of aromatic nitrogens is 3. The van der Waals surface area contributed by atoms with Crippen molar-refractivity contribution in [3.05, 3.63) is 77.2 Å². The molecule has 0 aliphatic heterocycles. The number of halogens is 3. The molecule has 1 N–H and O–H groups in total. The zero-order valence-corrected chi connectivity index (χ0v) is 18.5. The van der Waals surface area contributed by atoms with Crippen LogP contribution in [0.5, 0.6) is 0 Å². The first-order valence-corrected chi connectivity index (χ1v) is 10.6. The molecule has 0 fully saturated rings. The summed E-state index contributed by atoms with van der Waals surface area (Å²) < 4.78 is 27.9. The van der Waals surface area contributed by atoms with Gasteiger partial charge in [0.05, 0.1) is 16.3 Å². The Morgan fingerprint density at radius 1 is 1.06 bits per heavy atom. The van der Waals surface area contributed by atoms with Crippen molar-refractivity contribution in [3.8, 4) is 21.8 Å². The number of amides is 1. The maximum absolute atomic E-state index is 14.0. The monoisotopic (exact) mass is 471 g/mol. The van der Waals surface area contributed by atoms with E-state index in [-0.39, 0.29) is 5.28 Å². The zero-order chi connectivity index (χ0) is 22.8. The van der Waals surface area contributed by atoms with Gasteiger partial charge in [0.25, 0.3) is 5.91 Å². The molecule has 0 saturated carbocycles. The topological polar surface area (TPSA) is 71.0 Å². The van der Waals surface area contributed by atoms with E-state index in [2.05, 4.69) is 15.3 Å². The van der Waals surface area contributed by atoms with Crippen LogP contribution in [0, 0.1) is 11.6 Å². The fraction of sp³-hybridized carbons (Fsp3) is 0.0909. The van der Waals surface area contributed by atoms with E-state index in [1.165, 1.54) is 17.4 Å². The van der Waals surface area contributed by atoms with Crippen molar-refractivity contribution in [1.82, 2.24) is 15.0 Å². The average Bonchev–Trinajstić information content (AvgIpc) is 3.20. The Hall–Kier alpha value is -3.43. The van der Waals surface area contributed by atoms with Crippen molar-refractivity contribution in [3.63, 3.8) is 0 Å². The van der Waals surface area contributed by atoms with Gasteiger partial charge in [0.1, 0.15) is 17.2 Å². The predicted molar refractivity (Wildman–Crippen MR) is 122 cm³/mol. The van der Waals surface area contributed by atoms with Gasteiger partial charge in [-0.15, -0.1) is 0 Å². The van der Waals surface area contributed by atoms with Crippen molar-refractivity contribution in [2.45, 2.75) is 0 Å². The molecule has 0 unspecified atom stereocenters. The molecular formula is C22H16ClF2N5OS. The Balaban J connectivity index is 1.73. The van der Waals surface area contributed by atoms with Crippen LogP contribution >= 0.6 is 22.9 Å². The number of nitrogens with one attached hydrogen (secondary N) is 1. The summed E-state index contributed by atoms with van der Waals surface area (Å²) >= 11 is 7.40. The van der Waals surface area contributed by atoms with Gasteiger partial charge in [0.15, 0.2) is 5.13 Å². The third-order valence-electron chi connectivity index (χ3n) is 4.44. The second-order valence-corrected chi connectivity index (χ2v) is 8.23. The van der Waals surface area contributed by atoms with Crippen LogP contribution in [0.2, 0.25) is 5.28 Å². The SMILES string of the molecule is CN(C)c1nc(-c2cccc(NC(=O)c3c(F)cccc3F)c2)c(-c2ccnc(Cl)n2)s1. The van der Waals surface area contributed by atoms with E-state index in [1.807, 2.05) is 25.1 Å². The Morgan fingerprint density at radius 2 is 1.78 bits per heavy atom. The van der Waals surface area contributed by atoms with Crippen molar-refractivity contribution < 1.29 is 13.6 Å². The molecule has 6 nitrogen and oxygen atoms in total. The van der Waals surface area contributed by atoms with E-state index in [4.69, 9.17) is 16.6 Å². The molecule has 4 rings (SSSR count).